The van der Waals surface area contributed by atoms with Crippen molar-refractivity contribution in [3.05, 3.63) is 23.8 Å². The van der Waals surface area contributed by atoms with Gasteiger partial charge >= 0.3 is 5.97 Å². The van der Waals surface area contributed by atoms with Gasteiger partial charge in [-0.3, -0.25) is 0 Å². The third-order valence-electron chi connectivity index (χ3n) is 3.72. The first-order valence-corrected chi connectivity index (χ1v) is 6.42. The van der Waals surface area contributed by atoms with E-state index in [9.17, 15) is 9.90 Å². The third kappa shape index (κ3) is 2.28. The highest BCUT2D eigenvalue weighted by Gasteiger charge is 2.27. The van der Waals surface area contributed by atoms with Crippen LogP contribution in [-0.4, -0.2) is 23.2 Å². The minimum atomic E-state index is -0.915. The largest absolute Gasteiger partial charge is 0.478 e. The zero-order valence-electron chi connectivity index (χ0n) is 10.9. The number of nitrogens with zero attached hydrogens (tertiary/aromatic N) is 1. The SMILES string of the molecule is C[C@@H]1CCC[C@H](C)N1c1ccc(N)cc1C(=O)O. The fourth-order valence-corrected chi connectivity index (χ4v) is 2.85. The molecule has 2 rings (SSSR count). The molecule has 0 aromatic heterocycles. The second kappa shape index (κ2) is 4.88. The summed E-state index contributed by atoms with van der Waals surface area (Å²) in [5.74, 6) is -0.915. The number of anilines is 2. The van der Waals surface area contributed by atoms with Crippen molar-refractivity contribution in [2.24, 2.45) is 0 Å². The molecule has 1 aromatic carbocycles. The molecule has 0 bridgehead atoms. The maximum absolute atomic E-state index is 11.3. The first kappa shape index (κ1) is 12.7. The van der Waals surface area contributed by atoms with E-state index >= 15 is 0 Å². The average molecular weight is 248 g/mol. The van der Waals surface area contributed by atoms with Gasteiger partial charge in [0.2, 0.25) is 0 Å². The van der Waals surface area contributed by atoms with Crippen LogP contribution in [0.2, 0.25) is 0 Å². The molecule has 4 nitrogen and oxygen atoms in total. The first-order chi connectivity index (χ1) is 8.50. The number of carbonyl (C=O) groups is 1. The molecule has 1 aliphatic heterocycles. The molecule has 4 heteroatoms. The van der Waals surface area contributed by atoms with Gasteiger partial charge in [-0.1, -0.05) is 0 Å². The minimum Gasteiger partial charge on any atom is -0.478 e. The number of piperidine rings is 1. The lowest BCUT2D eigenvalue weighted by atomic mass is 9.95. The van der Waals surface area contributed by atoms with Crippen LogP contribution in [0.4, 0.5) is 11.4 Å². The Kier molecular flexibility index (Phi) is 3.45. The Morgan fingerprint density at radius 3 is 2.50 bits per heavy atom. The number of carboxylic acids is 1. The Hall–Kier alpha value is -1.71. The number of rotatable bonds is 2. The van der Waals surface area contributed by atoms with Crippen molar-refractivity contribution in [2.45, 2.75) is 45.2 Å². The highest BCUT2D eigenvalue weighted by molar-refractivity contribution is 5.95. The Morgan fingerprint density at radius 1 is 1.33 bits per heavy atom. The topological polar surface area (TPSA) is 66.6 Å². The molecule has 1 saturated heterocycles. The summed E-state index contributed by atoms with van der Waals surface area (Å²) >= 11 is 0. The monoisotopic (exact) mass is 248 g/mol. The van der Waals surface area contributed by atoms with Crippen LogP contribution in [0.1, 0.15) is 43.5 Å². The van der Waals surface area contributed by atoms with E-state index in [4.69, 9.17) is 5.73 Å². The standard InChI is InChI=1S/C14H20N2O2/c1-9-4-3-5-10(2)16(9)13-7-6-11(15)8-12(13)14(17)18/h6-10H,3-5,15H2,1-2H3,(H,17,18)/t9-,10+. The predicted molar refractivity (Wildman–Crippen MR) is 73.1 cm³/mol. The van der Waals surface area contributed by atoms with Crippen LogP contribution in [0.5, 0.6) is 0 Å². The van der Waals surface area contributed by atoms with E-state index in [1.165, 1.54) is 6.42 Å². The van der Waals surface area contributed by atoms with Gasteiger partial charge in [0.05, 0.1) is 11.3 Å². The number of carboxylic acid groups (broad SMARTS) is 1. The highest BCUT2D eigenvalue weighted by Crippen LogP contribution is 2.32. The van der Waals surface area contributed by atoms with E-state index < -0.39 is 5.97 Å². The summed E-state index contributed by atoms with van der Waals surface area (Å²) in [6.45, 7) is 4.30. The Morgan fingerprint density at radius 2 is 1.94 bits per heavy atom. The molecule has 0 aliphatic carbocycles. The summed E-state index contributed by atoms with van der Waals surface area (Å²) in [6.07, 6.45) is 3.41. The number of hydrogen-bond donors (Lipinski definition) is 2. The molecule has 18 heavy (non-hydrogen) atoms. The van der Waals surface area contributed by atoms with Crippen LogP contribution in [0.3, 0.4) is 0 Å². The second-order valence-electron chi connectivity index (χ2n) is 5.12. The molecular formula is C14H20N2O2. The molecule has 0 unspecified atom stereocenters. The number of nitrogen functional groups attached to an aromatic ring is 1. The minimum absolute atomic E-state index is 0.301. The molecule has 1 fully saturated rings. The number of aromatic carboxylic acids is 1. The van der Waals surface area contributed by atoms with Gasteiger partial charge in [-0.2, -0.15) is 0 Å². The van der Waals surface area contributed by atoms with Gasteiger partial charge in [-0.05, 0) is 51.3 Å². The maximum atomic E-state index is 11.3. The third-order valence-corrected chi connectivity index (χ3v) is 3.72. The van der Waals surface area contributed by atoms with E-state index in [-0.39, 0.29) is 0 Å². The zero-order valence-corrected chi connectivity index (χ0v) is 10.9. The number of hydrogen-bond acceptors (Lipinski definition) is 3. The van der Waals surface area contributed by atoms with E-state index in [1.54, 1.807) is 12.1 Å². The summed E-state index contributed by atoms with van der Waals surface area (Å²) in [4.78, 5) is 13.6. The van der Waals surface area contributed by atoms with Crippen LogP contribution in [-0.2, 0) is 0 Å². The summed E-state index contributed by atoms with van der Waals surface area (Å²) < 4.78 is 0. The summed E-state index contributed by atoms with van der Waals surface area (Å²) in [7, 11) is 0. The molecule has 0 amide bonds. The van der Waals surface area contributed by atoms with E-state index in [0.29, 0.717) is 23.3 Å². The predicted octanol–water partition coefficient (Wildman–Crippen LogP) is 2.73. The van der Waals surface area contributed by atoms with Crippen molar-refractivity contribution >= 4 is 17.3 Å². The molecule has 1 heterocycles. The highest BCUT2D eigenvalue weighted by atomic mass is 16.4. The summed E-state index contributed by atoms with van der Waals surface area (Å²) in [5, 5.41) is 9.31. The lowest BCUT2D eigenvalue weighted by molar-refractivity contribution is 0.0697. The molecular weight excluding hydrogens is 228 g/mol. The first-order valence-electron chi connectivity index (χ1n) is 6.42. The normalized spacial score (nSPS) is 24.0. The van der Waals surface area contributed by atoms with Crippen LogP contribution < -0.4 is 10.6 Å². The Bertz CT molecular complexity index is 449. The van der Waals surface area contributed by atoms with Gasteiger partial charge in [0, 0.05) is 17.8 Å². The van der Waals surface area contributed by atoms with Gasteiger partial charge in [-0.15, -0.1) is 0 Å². The van der Waals surface area contributed by atoms with Gasteiger partial charge in [-0.25, -0.2) is 4.79 Å². The van der Waals surface area contributed by atoms with Crippen molar-refractivity contribution in [2.75, 3.05) is 10.6 Å². The zero-order chi connectivity index (χ0) is 13.3. The van der Waals surface area contributed by atoms with Crippen molar-refractivity contribution in [1.82, 2.24) is 0 Å². The molecule has 3 N–H and O–H groups in total. The number of benzene rings is 1. The molecule has 1 aliphatic rings. The van der Waals surface area contributed by atoms with Crippen LogP contribution in [0, 0.1) is 0 Å². The van der Waals surface area contributed by atoms with Gasteiger partial charge in [0.15, 0.2) is 0 Å². The maximum Gasteiger partial charge on any atom is 0.337 e. The van der Waals surface area contributed by atoms with E-state index in [0.717, 1.165) is 18.5 Å². The van der Waals surface area contributed by atoms with Crippen molar-refractivity contribution in [3.8, 4) is 0 Å². The van der Waals surface area contributed by atoms with E-state index in [2.05, 4.69) is 18.7 Å². The molecule has 98 valence electrons. The molecule has 1 aromatic rings. The van der Waals surface area contributed by atoms with Crippen molar-refractivity contribution in [3.63, 3.8) is 0 Å². The van der Waals surface area contributed by atoms with Crippen molar-refractivity contribution in [1.29, 1.82) is 0 Å². The molecule has 0 saturated carbocycles. The second-order valence-corrected chi connectivity index (χ2v) is 5.12. The van der Waals surface area contributed by atoms with Gasteiger partial charge in [0.25, 0.3) is 0 Å². The van der Waals surface area contributed by atoms with Crippen LogP contribution >= 0.6 is 0 Å². The number of nitrogens with two attached hydrogens (primary N) is 1. The van der Waals surface area contributed by atoms with Crippen LogP contribution in [0.25, 0.3) is 0 Å². The van der Waals surface area contributed by atoms with Crippen molar-refractivity contribution < 1.29 is 9.90 Å². The van der Waals surface area contributed by atoms with E-state index in [1.807, 2.05) is 6.07 Å². The molecule has 2 atom stereocenters. The Balaban J connectivity index is 2.45. The van der Waals surface area contributed by atoms with Crippen LogP contribution in [0.15, 0.2) is 18.2 Å². The molecule has 0 radical (unpaired) electrons. The summed E-state index contributed by atoms with van der Waals surface area (Å²) in [6, 6.07) is 5.89. The smallest absolute Gasteiger partial charge is 0.337 e. The molecule has 0 spiro atoms. The fraction of sp³-hybridized carbons (Fsp3) is 0.500. The quantitative estimate of drug-likeness (QED) is 0.790. The fourth-order valence-electron chi connectivity index (χ4n) is 2.85. The lowest BCUT2D eigenvalue weighted by Gasteiger charge is -2.41. The van der Waals surface area contributed by atoms with Gasteiger partial charge in [0.1, 0.15) is 0 Å². The van der Waals surface area contributed by atoms with Gasteiger partial charge < -0.3 is 15.7 Å². The lowest BCUT2D eigenvalue weighted by Crippen LogP contribution is -2.44. The Labute approximate surface area is 107 Å². The average Bonchev–Trinajstić information content (AvgIpc) is 2.30. The summed E-state index contributed by atoms with van der Waals surface area (Å²) in [5.41, 5.74) is 7.27.